The van der Waals surface area contributed by atoms with Gasteiger partial charge in [0.1, 0.15) is 5.82 Å². The van der Waals surface area contributed by atoms with Crippen molar-refractivity contribution in [3.8, 4) is 0 Å². The Hall–Kier alpha value is -2.02. The predicted molar refractivity (Wildman–Crippen MR) is 112 cm³/mol. The van der Waals surface area contributed by atoms with E-state index in [-0.39, 0.29) is 11.7 Å². The summed E-state index contributed by atoms with van der Waals surface area (Å²) in [5.41, 5.74) is 2.95. The molecule has 1 unspecified atom stereocenters. The lowest BCUT2D eigenvalue weighted by molar-refractivity contribution is 0.000907. The second-order valence-corrected chi connectivity index (χ2v) is 7.55. The minimum Gasteiger partial charge on any atom is -0.278 e. The number of rotatable bonds is 7. The lowest BCUT2D eigenvalue weighted by atomic mass is 9.91. The van der Waals surface area contributed by atoms with Gasteiger partial charge in [-0.3, -0.25) is 5.14 Å². The fourth-order valence-electron chi connectivity index (χ4n) is 3.06. The molecule has 0 amide bonds. The van der Waals surface area contributed by atoms with Crippen LogP contribution >= 0.6 is 23.5 Å². The van der Waals surface area contributed by atoms with Crippen molar-refractivity contribution >= 4 is 29.3 Å². The molecule has 0 saturated carbocycles. The molecular formula is C20H22ClFN4S. The van der Waals surface area contributed by atoms with Gasteiger partial charge in [-0.1, -0.05) is 77.1 Å². The number of hydrogen-bond acceptors (Lipinski definition) is 5. The fourth-order valence-corrected chi connectivity index (χ4v) is 3.60. The molecule has 0 aliphatic carbocycles. The highest BCUT2D eigenvalue weighted by Gasteiger charge is 2.32. The molecule has 2 aromatic rings. The number of nitrogens with zero attached hydrogens (tertiary/aromatic N) is 3. The molecule has 1 aliphatic rings. The van der Waals surface area contributed by atoms with Crippen molar-refractivity contribution in [1.82, 2.24) is 10.1 Å². The average molecular weight is 405 g/mol. The Kier molecular flexibility index (Phi) is 6.42. The maximum Gasteiger partial charge on any atom is 0.147 e. The largest absolute Gasteiger partial charge is 0.278 e. The lowest BCUT2D eigenvalue weighted by Crippen LogP contribution is -2.34. The van der Waals surface area contributed by atoms with Crippen LogP contribution in [0.1, 0.15) is 24.0 Å². The van der Waals surface area contributed by atoms with E-state index in [2.05, 4.69) is 18.7 Å². The van der Waals surface area contributed by atoms with Crippen LogP contribution in [-0.2, 0) is 0 Å². The highest BCUT2D eigenvalue weighted by molar-refractivity contribution is 7.97. The molecule has 0 aromatic heterocycles. The van der Waals surface area contributed by atoms with Gasteiger partial charge in [-0.25, -0.2) is 5.01 Å². The van der Waals surface area contributed by atoms with Crippen molar-refractivity contribution in [3.05, 3.63) is 83.1 Å². The van der Waals surface area contributed by atoms with Crippen LogP contribution in [0.5, 0.6) is 0 Å². The van der Waals surface area contributed by atoms with E-state index in [1.807, 2.05) is 42.5 Å². The Morgan fingerprint density at radius 3 is 2.63 bits per heavy atom. The zero-order valence-electron chi connectivity index (χ0n) is 15.1. The molecule has 0 saturated heterocycles. The highest BCUT2D eigenvalue weighted by atomic mass is 35.5. The summed E-state index contributed by atoms with van der Waals surface area (Å²) in [5, 5.41) is 13.1. The Balaban J connectivity index is 1.91. The topological polar surface area (TPSA) is 44.9 Å². The first-order valence-corrected chi connectivity index (χ1v) is 10.1. The fraction of sp³-hybridized carbons (Fsp3) is 0.250. The monoisotopic (exact) mass is 404 g/mol. The standard InChI is InChI=1S/C20H22ClFN4S/c1-14(13-27-23)26(22)15(2)25-12-19(16-6-4-3-5-7-16)20(24-25)17-8-10-18(21)11-9-17/h3-11,14,19H,2,12-13,23H2,1H3/t14-,19?/m0/s1. The van der Waals surface area contributed by atoms with Gasteiger partial charge in [-0.2, -0.15) is 10.2 Å². The van der Waals surface area contributed by atoms with E-state index in [1.54, 1.807) is 11.9 Å². The molecule has 7 heteroatoms. The summed E-state index contributed by atoms with van der Waals surface area (Å²) >= 11 is 7.13. The maximum atomic E-state index is 14.7. The van der Waals surface area contributed by atoms with Gasteiger partial charge in [0.2, 0.25) is 0 Å². The van der Waals surface area contributed by atoms with E-state index in [9.17, 15) is 4.48 Å². The zero-order chi connectivity index (χ0) is 19.4. The molecule has 0 fully saturated rings. The molecule has 142 valence electrons. The molecule has 0 radical (unpaired) electrons. The molecule has 0 spiro atoms. The first-order chi connectivity index (χ1) is 13.0. The van der Waals surface area contributed by atoms with Gasteiger partial charge in [0.25, 0.3) is 0 Å². The molecule has 0 bridgehead atoms. The molecular weight excluding hydrogens is 383 g/mol. The van der Waals surface area contributed by atoms with Crippen LogP contribution in [0.25, 0.3) is 0 Å². The Labute approximate surface area is 168 Å². The van der Waals surface area contributed by atoms with E-state index < -0.39 is 6.04 Å². The van der Waals surface area contributed by atoms with E-state index in [1.165, 1.54) is 0 Å². The molecule has 1 heterocycles. The molecule has 4 nitrogen and oxygen atoms in total. The molecule has 3 rings (SSSR count). The van der Waals surface area contributed by atoms with Crippen molar-refractivity contribution in [1.29, 1.82) is 0 Å². The first kappa shape index (κ1) is 19.7. The number of benzene rings is 2. The Bertz CT molecular complexity index is 812. The Morgan fingerprint density at radius 1 is 1.33 bits per heavy atom. The second-order valence-electron chi connectivity index (χ2n) is 6.45. The van der Waals surface area contributed by atoms with E-state index in [0.29, 0.717) is 22.4 Å². The van der Waals surface area contributed by atoms with Gasteiger partial charge >= 0.3 is 0 Å². The van der Waals surface area contributed by atoms with Crippen molar-refractivity contribution in [3.63, 3.8) is 0 Å². The summed E-state index contributed by atoms with van der Waals surface area (Å²) < 4.78 is 14.7. The smallest absolute Gasteiger partial charge is 0.147 e. The van der Waals surface area contributed by atoms with Gasteiger partial charge in [-0.15, -0.1) is 0 Å². The van der Waals surface area contributed by atoms with Gasteiger partial charge in [0.15, 0.2) is 0 Å². The van der Waals surface area contributed by atoms with Crippen molar-refractivity contribution in [2.75, 3.05) is 12.3 Å². The van der Waals surface area contributed by atoms with Crippen molar-refractivity contribution < 1.29 is 4.48 Å². The third kappa shape index (κ3) is 4.46. The number of hydrogen-bond donors (Lipinski definition) is 1. The molecule has 1 aliphatic heterocycles. The zero-order valence-corrected chi connectivity index (χ0v) is 16.6. The van der Waals surface area contributed by atoms with E-state index in [4.69, 9.17) is 21.8 Å². The average Bonchev–Trinajstić information content (AvgIpc) is 3.13. The Morgan fingerprint density at radius 2 is 2.00 bits per heavy atom. The van der Waals surface area contributed by atoms with Gasteiger partial charge in [-0.05, 0) is 30.2 Å². The van der Waals surface area contributed by atoms with Crippen LogP contribution in [0.4, 0.5) is 4.48 Å². The summed E-state index contributed by atoms with van der Waals surface area (Å²) in [6, 6.07) is 17.2. The minimum atomic E-state index is -0.391. The first-order valence-electron chi connectivity index (χ1n) is 8.63. The number of nitrogens with two attached hydrogens (primary N) is 1. The van der Waals surface area contributed by atoms with Crippen LogP contribution < -0.4 is 5.14 Å². The summed E-state index contributed by atoms with van der Waals surface area (Å²) in [7, 11) is 0. The summed E-state index contributed by atoms with van der Waals surface area (Å²) in [6.07, 6.45) is 0. The van der Waals surface area contributed by atoms with E-state index in [0.717, 1.165) is 28.8 Å². The van der Waals surface area contributed by atoms with Gasteiger partial charge in [0.05, 0.1) is 18.3 Å². The van der Waals surface area contributed by atoms with Crippen LogP contribution in [0.15, 0.2) is 72.1 Å². The molecule has 2 aromatic carbocycles. The normalized spacial score (nSPS) is 17.6. The molecule has 27 heavy (non-hydrogen) atoms. The van der Waals surface area contributed by atoms with Crippen LogP contribution in [-0.4, -0.2) is 34.2 Å². The van der Waals surface area contributed by atoms with E-state index >= 15 is 0 Å². The van der Waals surface area contributed by atoms with Crippen molar-refractivity contribution in [2.45, 2.75) is 18.9 Å². The third-order valence-corrected chi connectivity index (χ3v) is 5.45. The quantitative estimate of drug-likeness (QED) is 0.532. The number of hydrazone groups is 1. The predicted octanol–water partition coefficient (Wildman–Crippen LogP) is 4.80. The lowest BCUT2D eigenvalue weighted by Gasteiger charge is -2.27. The summed E-state index contributed by atoms with van der Waals surface area (Å²) in [4.78, 5) is 0. The third-order valence-electron chi connectivity index (χ3n) is 4.52. The molecule has 2 atom stereocenters. The van der Waals surface area contributed by atoms with Crippen LogP contribution in [0.3, 0.4) is 0 Å². The second kappa shape index (κ2) is 8.78. The highest BCUT2D eigenvalue weighted by Crippen LogP contribution is 2.32. The SMILES string of the molecule is C=C(N1CC(c2ccccc2)C(c2ccc(Cl)cc2)=N1)N(F)[C@@H](C)CSN. The van der Waals surface area contributed by atoms with Gasteiger partial charge < -0.3 is 0 Å². The van der Waals surface area contributed by atoms with Crippen LogP contribution in [0, 0.1) is 0 Å². The summed E-state index contributed by atoms with van der Waals surface area (Å²) in [6.45, 7) is 6.19. The molecule has 2 N–H and O–H groups in total. The number of halogens is 2. The van der Waals surface area contributed by atoms with Crippen LogP contribution in [0.2, 0.25) is 5.02 Å². The van der Waals surface area contributed by atoms with Crippen molar-refractivity contribution in [2.24, 2.45) is 10.2 Å². The maximum absolute atomic E-state index is 14.7. The summed E-state index contributed by atoms with van der Waals surface area (Å²) in [5.74, 6) is 0.678. The van der Waals surface area contributed by atoms with Gasteiger partial charge in [0, 0.05) is 16.7 Å². The minimum absolute atomic E-state index is 0.0108.